The Hall–Kier alpha value is -2.39. The first-order chi connectivity index (χ1) is 12.6. The summed E-state index contributed by atoms with van der Waals surface area (Å²) >= 11 is 0. The normalized spacial score (nSPS) is 11.5. The Morgan fingerprint density at radius 2 is 1.62 bits per heavy atom. The minimum absolute atomic E-state index is 0.0810. The van der Waals surface area contributed by atoms with Crippen LogP contribution in [0, 0.1) is 0 Å². The van der Waals surface area contributed by atoms with E-state index in [4.69, 9.17) is 10.8 Å². The number of aliphatic hydroxyl groups excluding tert-OH is 1. The minimum Gasteiger partial charge on any atom is -0.399 e. The van der Waals surface area contributed by atoms with Crippen molar-refractivity contribution < 1.29 is 9.90 Å². The number of carbonyl (C=O) groups is 1. The second kappa shape index (κ2) is 10.6. The summed E-state index contributed by atoms with van der Waals surface area (Å²) in [5.74, 6) is 0.0810. The minimum atomic E-state index is 0.0810. The standard InChI is InChI=1S/C23H29NO2/c1-18(26)23-11-7-6-10-21(23)17-20(9-5-3-2-4-8-16-25)19-12-14-22(24)15-13-19/h6-7,10-15,17,25H,2-5,8-9,16,24H2,1H3. The van der Waals surface area contributed by atoms with Crippen molar-refractivity contribution in [2.75, 3.05) is 12.3 Å². The van der Waals surface area contributed by atoms with E-state index < -0.39 is 0 Å². The van der Waals surface area contributed by atoms with E-state index in [0.29, 0.717) is 0 Å². The number of unbranched alkanes of at least 4 members (excludes halogenated alkanes) is 4. The molecule has 0 bridgehead atoms. The van der Waals surface area contributed by atoms with Crippen LogP contribution >= 0.6 is 0 Å². The second-order valence-electron chi connectivity index (χ2n) is 6.68. The summed E-state index contributed by atoms with van der Waals surface area (Å²) in [5.41, 5.74) is 10.7. The molecule has 0 aliphatic rings. The lowest BCUT2D eigenvalue weighted by Gasteiger charge is -2.11. The van der Waals surface area contributed by atoms with Crippen LogP contribution in [0.2, 0.25) is 0 Å². The fourth-order valence-electron chi connectivity index (χ4n) is 3.09. The van der Waals surface area contributed by atoms with Gasteiger partial charge in [-0.2, -0.15) is 0 Å². The molecule has 0 saturated carbocycles. The molecule has 0 heterocycles. The van der Waals surface area contributed by atoms with Crippen molar-refractivity contribution in [2.45, 2.75) is 45.4 Å². The highest BCUT2D eigenvalue weighted by Gasteiger charge is 2.08. The maximum Gasteiger partial charge on any atom is 0.160 e. The molecule has 0 saturated heterocycles. The lowest BCUT2D eigenvalue weighted by Crippen LogP contribution is -1.96. The van der Waals surface area contributed by atoms with Gasteiger partial charge in [0.05, 0.1) is 0 Å². The predicted molar refractivity (Wildman–Crippen MR) is 110 cm³/mol. The van der Waals surface area contributed by atoms with E-state index in [2.05, 4.69) is 6.08 Å². The molecular formula is C23H29NO2. The number of ketones is 1. The first-order valence-electron chi connectivity index (χ1n) is 9.39. The monoisotopic (exact) mass is 351 g/mol. The zero-order valence-electron chi connectivity index (χ0n) is 15.6. The summed E-state index contributed by atoms with van der Waals surface area (Å²) in [4.78, 5) is 11.9. The lowest BCUT2D eigenvalue weighted by molar-refractivity contribution is 0.101. The molecule has 0 amide bonds. The van der Waals surface area contributed by atoms with Crippen LogP contribution in [0.15, 0.2) is 48.5 Å². The Labute approximate surface area is 156 Å². The first-order valence-corrected chi connectivity index (χ1v) is 9.39. The number of allylic oxidation sites excluding steroid dienone is 1. The third kappa shape index (κ3) is 6.16. The van der Waals surface area contributed by atoms with Crippen molar-refractivity contribution in [1.82, 2.24) is 0 Å². The van der Waals surface area contributed by atoms with Crippen LogP contribution in [0.3, 0.4) is 0 Å². The number of nitrogens with two attached hydrogens (primary N) is 1. The molecule has 0 radical (unpaired) electrons. The van der Waals surface area contributed by atoms with Gasteiger partial charge in [-0.3, -0.25) is 4.79 Å². The van der Waals surface area contributed by atoms with Crippen LogP contribution in [0.4, 0.5) is 5.69 Å². The van der Waals surface area contributed by atoms with Gasteiger partial charge in [-0.05, 0) is 55.0 Å². The van der Waals surface area contributed by atoms with E-state index in [0.717, 1.165) is 60.9 Å². The molecule has 0 atom stereocenters. The lowest BCUT2D eigenvalue weighted by atomic mass is 9.94. The second-order valence-corrected chi connectivity index (χ2v) is 6.68. The molecule has 26 heavy (non-hydrogen) atoms. The Morgan fingerprint density at radius 1 is 0.962 bits per heavy atom. The topological polar surface area (TPSA) is 63.3 Å². The van der Waals surface area contributed by atoms with Crippen molar-refractivity contribution in [3.8, 4) is 0 Å². The van der Waals surface area contributed by atoms with Crippen LogP contribution in [-0.4, -0.2) is 17.5 Å². The number of nitrogen functional groups attached to an aromatic ring is 1. The molecule has 2 aromatic rings. The number of carbonyl (C=O) groups excluding carboxylic acids is 1. The smallest absolute Gasteiger partial charge is 0.160 e. The third-order valence-corrected chi connectivity index (χ3v) is 4.56. The van der Waals surface area contributed by atoms with Crippen LogP contribution in [0.5, 0.6) is 0 Å². The van der Waals surface area contributed by atoms with Crippen molar-refractivity contribution in [1.29, 1.82) is 0 Å². The Balaban J connectivity index is 2.20. The molecule has 138 valence electrons. The maximum atomic E-state index is 11.9. The molecule has 0 fully saturated rings. The van der Waals surface area contributed by atoms with Crippen LogP contribution in [0.25, 0.3) is 11.6 Å². The SMILES string of the molecule is CC(=O)c1ccccc1C=C(CCCCCCCO)c1ccc(N)cc1. The zero-order chi connectivity index (χ0) is 18.8. The molecule has 3 nitrogen and oxygen atoms in total. The number of anilines is 1. The summed E-state index contributed by atoms with van der Waals surface area (Å²) in [5, 5.41) is 8.87. The van der Waals surface area contributed by atoms with Crippen LogP contribution in [-0.2, 0) is 0 Å². The summed E-state index contributed by atoms with van der Waals surface area (Å²) in [6, 6.07) is 15.7. The molecule has 2 aromatic carbocycles. The molecule has 0 aromatic heterocycles. The number of benzene rings is 2. The number of aliphatic hydroxyl groups is 1. The third-order valence-electron chi connectivity index (χ3n) is 4.56. The molecule has 3 N–H and O–H groups in total. The Bertz CT molecular complexity index is 732. The highest BCUT2D eigenvalue weighted by molar-refractivity contribution is 5.99. The number of hydrogen-bond acceptors (Lipinski definition) is 3. The average molecular weight is 351 g/mol. The van der Waals surface area contributed by atoms with E-state index in [1.165, 1.54) is 5.57 Å². The fourth-order valence-corrected chi connectivity index (χ4v) is 3.09. The van der Waals surface area contributed by atoms with Gasteiger partial charge in [0.2, 0.25) is 0 Å². The molecule has 0 aliphatic carbocycles. The van der Waals surface area contributed by atoms with Crippen LogP contribution < -0.4 is 5.73 Å². The average Bonchev–Trinajstić information content (AvgIpc) is 2.64. The molecule has 2 rings (SSSR count). The van der Waals surface area contributed by atoms with E-state index in [1.807, 2.05) is 48.5 Å². The van der Waals surface area contributed by atoms with E-state index in [9.17, 15) is 4.79 Å². The largest absolute Gasteiger partial charge is 0.399 e. The number of Topliss-reactive ketones (excluding diaryl/α,β-unsaturated/α-hetero) is 1. The van der Waals surface area contributed by atoms with Crippen molar-refractivity contribution in [3.05, 3.63) is 65.2 Å². The zero-order valence-corrected chi connectivity index (χ0v) is 15.6. The van der Waals surface area contributed by atoms with Crippen molar-refractivity contribution >= 4 is 23.1 Å². The van der Waals surface area contributed by atoms with Gasteiger partial charge in [-0.25, -0.2) is 0 Å². The Morgan fingerprint density at radius 3 is 2.31 bits per heavy atom. The number of rotatable bonds is 10. The van der Waals surface area contributed by atoms with Gasteiger partial charge in [0.15, 0.2) is 5.78 Å². The molecule has 0 aliphatic heterocycles. The molecule has 0 unspecified atom stereocenters. The fraction of sp³-hybridized carbons (Fsp3) is 0.348. The van der Waals surface area contributed by atoms with Gasteiger partial charge in [-0.1, -0.05) is 61.7 Å². The Kier molecular flexibility index (Phi) is 8.10. The van der Waals surface area contributed by atoms with Crippen molar-refractivity contribution in [3.63, 3.8) is 0 Å². The molecule has 3 heteroatoms. The highest BCUT2D eigenvalue weighted by Crippen LogP contribution is 2.26. The van der Waals surface area contributed by atoms with Gasteiger partial charge >= 0.3 is 0 Å². The quantitative estimate of drug-likeness (QED) is 0.263. The summed E-state index contributed by atoms with van der Waals surface area (Å²) < 4.78 is 0. The molecular weight excluding hydrogens is 322 g/mol. The van der Waals surface area contributed by atoms with Gasteiger partial charge in [0, 0.05) is 17.9 Å². The molecule has 0 spiro atoms. The highest BCUT2D eigenvalue weighted by atomic mass is 16.2. The van der Waals surface area contributed by atoms with E-state index in [-0.39, 0.29) is 12.4 Å². The van der Waals surface area contributed by atoms with Gasteiger partial charge < -0.3 is 10.8 Å². The van der Waals surface area contributed by atoms with Gasteiger partial charge in [-0.15, -0.1) is 0 Å². The summed E-state index contributed by atoms with van der Waals surface area (Å²) in [6.07, 6.45) is 8.41. The summed E-state index contributed by atoms with van der Waals surface area (Å²) in [6.45, 7) is 1.88. The van der Waals surface area contributed by atoms with Gasteiger partial charge in [0.25, 0.3) is 0 Å². The van der Waals surface area contributed by atoms with Crippen molar-refractivity contribution in [2.24, 2.45) is 0 Å². The van der Waals surface area contributed by atoms with E-state index >= 15 is 0 Å². The first kappa shape index (κ1) is 19.9. The summed E-state index contributed by atoms with van der Waals surface area (Å²) in [7, 11) is 0. The predicted octanol–water partition coefficient (Wildman–Crippen LogP) is 5.34. The van der Waals surface area contributed by atoms with Gasteiger partial charge in [0.1, 0.15) is 0 Å². The van der Waals surface area contributed by atoms with Crippen LogP contribution in [0.1, 0.15) is 66.9 Å². The number of hydrogen-bond donors (Lipinski definition) is 2. The van der Waals surface area contributed by atoms with E-state index in [1.54, 1.807) is 6.92 Å². The maximum absolute atomic E-state index is 11.9.